The van der Waals surface area contributed by atoms with Crippen LogP contribution in [0.5, 0.6) is 0 Å². The first kappa shape index (κ1) is 23.7. The maximum atomic E-state index is 6.34. The zero-order valence-electron chi connectivity index (χ0n) is 19.9. The highest BCUT2D eigenvalue weighted by atomic mass is 35.5. The molecule has 4 aromatic rings. The number of hydrogen-bond donors (Lipinski definition) is 1. The van der Waals surface area contributed by atoms with Gasteiger partial charge in [-0.1, -0.05) is 24.3 Å². The Bertz CT molecular complexity index is 1280. The highest BCUT2D eigenvalue weighted by Crippen LogP contribution is 2.32. The molecule has 0 unspecified atom stereocenters. The van der Waals surface area contributed by atoms with Crippen LogP contribution in [0.15, 0.2) is 61.7 Å². The minimum Gasteiger partial charge on any atom is -0.373 e. The Hall–Kier alpha value is -3.42. The Morgan fingerprint density at radius 3 is 2.47 bits per heavy atom. The van der Waals surface area contributed by atoms with Gasteiger partial charge in [-0.05, 0) is 48.3 Å². The third kappa shape index (κ3) is 5.55. The minimum absolute atomic E-state index is 0.708. The van der Waals surface area contributed by atoms with Gasteiger partial charge in [-0.3, -0.25) is 4.68 Å². The predicted octanol–water partition coefficient (Wildman–Crippen LogP) is 4.81. The molecule has 1 aromatic carbocycles. The maximum absolute atomic E-state index is 6.34. The minimum atomic E-state index is 0.708. The molecule has 0 spiro atoms. The van der Waals surface area contributed by atoms with Gasteiger partial charge in [-0.15, -0.1) is 0 Å². The van der Waals surface area contributed by atoms with Gasteiger partial charge in [0.2, 0.25) is 0 Å². The number of nitrogens with one attached hydrogen (secondary N) is 1. The van der Waals surface area contributed by atoms with Crippen molar-refractivity contribution in [3.8, 4) is 11.1 Å². The van der Waals surface area contributed by atoms with Gasteiger partial charge < -0.3 is 15.1 Å². The molecule has 0 bridgehead atoms. The fourth-order valence-corrected chi connectivity index (χ4v) is 4.13. The van der Waals surface area contributed by atoms with Crippen molar-refractivity contribution < 1.29 is 0 Å². The van der Waals surface area contributed by atoms with Crippen molar-refractivity contribution in [1.82, 2.24) is 24.6 Å². The molecule has 176 valence electrons. The van der Waals surface area contributed by atoms with Crippen LogP contribution in [0, 0.1) is 0 Å². The summed E-state index contributed by atoms with van der Waals surface area (Å²) in [5.74, 6) is 1.91. The number of fused-ring (bicyclic) bond motifs is 1. The van der Waals surface area contributed by atoms with Crippen LogP contribution in [0.25, 0.3) is 28.0 Å². The average molecular weight is 476 g/mol. The van der Waals surface area contributed by atoms with Gasteiger partial charge in [-0.2, -0.15) is 5.10 Å². The van der Waals surface area contributed by atoms with Gasteiger partial charge in [0.15, 0.2) is 0 Å². The van der Waals surface area contributed by atoms with E-state index in [9.17, 15) is 0 Å². The molecule has 0 amide bonds. The Morgan fingerprint density at radius 2 is 1.79 bits per heavy atom. The third-order valence-electron chi connectivity index (χ3n) is 5.91. The summed E-state index contributed by atoms with van der Waals surface area (Å²) in [5, 5.41) is 10.0. The zero-order valence-corrected chi connectivity index (χ0v) is 20.6. The summed E-state index contributed by atoms with van der Waals surface area (Å²) in [5.41, 5.74) is 3.13. The number of nitrogens with zero attached hydrogens (tertiary/aromatic N) is 6. The summed E-state index contributed by atoms with van der Waals surface area (Å²) < 4.78 is 1.77. The van der Waals surface area contributed by atoms with E-state index in [4.69, 9.17) is 11.6 Å². The molecule has 0 atom stereocenters. The van der Waals surface area contributed by atoms with Crippen molar-refractivity contribution in [3.05, 3.63) is 72.3 Å². The molecule has 4 heterocycles. The van der Waals surface area contributed by atoms with Crippen LogP contribution < -0.4 is 10.2 Å². The molecule has 34 heavy (non-hydrogen) atoms. The van der Waals surface area contributed by atoms with Crippen molar-refractivity contribution in [2.75, 3.05) is 50.5 Å². The highest BCUT2D eigenvalue weighted by molar-refractivity contribution is 6.34. The van der Waals surface area contributed by atoms with Crippen LogP contribution >= 0.6 is 11.6 Å². The van der Waals surface area contributed by atoms with Crippen molar-refractivity contribution in [2.24, 2.45) is 7.05 Å². The Balaban J connectivity index is 0.000000166. The van der Waals surface area contributed by atoms with Crippen molar-refractivity contribution in [3.63, 3.8) is 0 Å². The van der Waals surface area contributed by atoms with Crippen molar-refractivity contribution in [1.29, 1.82) is 0 Å². The largest absolute Gasteiger partial charge is 0.373 e. The van der Waals surface area contributed by atoms with E-state index in [-0.39, 0.29) is 0 Å². The molecule has 5 rings (SSSR count). The summed E-state index contributed by atoms with van der Waals surface area (Å²) in [4.78, 5) is 13.3. The van der Waals surface area contributed by atoms with Crippen molar-refractivity contribution in [2.45, 2.75) is 0 Å². The maximum Gasteiger partial charge on any atom is 0.129 e. The van der Waals surface area contributed by atoms with Crippen LogP contribution in [0.4, 0.5) is 11.6 Å². The van der Waals surface area contributed by atoms with E-state index in [1.165, 1.54) is 0 Å². The predicted molar refractivity (Wildman–Crippen MR) is 143 cm³/mol. The fourth-order valence-electron chi connectivity index (χ4n) is 3.85. The molecule has 1 fully saturated rings. The number of piperazine rings is 1. The molecule has 1 aliphatic rings. The SMILES string of the molecule is C=Cc1ccnc(N2CCN(C)CC2)c1.CNc1cc2cc(-c3cnn(C)c3)c(Cl)cc2cn1. The monoisotopic (exact) mass is 475 g/mol. The fraction of sp³-hybridized carbons (Fsp3) is 0.269. The Labute approximate surface area is 205 Å². The molecular weight excluding hydrogens is 446 g/mol. The van der Waals surface area contributed by atoms with E-state index >= 15 is 0 Å². The lowest BCUT2D eigenvalue weighted by Crippen LogP contribution is -2.44. The van der Waals surface area contributed by atoms with Gasteiger partial charge in [-0.25, -0.2) is 9.97 Å². The van der Waals surface area contributed by atoms with Gasteiger partial charge in [0.1, 0.15) is 11.6 Å². The average Bonchev–Trinajstić information content (AvgIpc) is 3.30. The number of benzene rings is 1. The number of halogens is 1. The molecule has 7 nitrogen and oxygen atoms in total. The molecule has 0 radical (unpaired) electrons. The summed E-state index contributed by atoms with van der Waals surface area (Å²) in [6.45, 7) is 8.12. The lowest BCUT2D eigenvalue weighted by atomic mass is 10.0. The summed E-state index contributed by atoms with van der Waals surface area (Å²) in [7, 11) is 5.90. The molecule has 3 aromatic heterocycles. The lowest BCUT2D eigenvalue weighted by molar-refractivity contribution is 0.312. The van der Waals surface area contributed by atoms with E-state index in [2.05, 4.69) is 55.9 Å². The molecule has 1 N–H and O–H groups in total. The van der Waals surface area contributed by atoms with Gasteiger partial charge in [0, 0.05) is 80.4 Å². The first-order valence-electron chi connectivity index (χ1n) is 11.2. The number of aromatic nitrogens is 4. The standard InChI is InChI=1S/C14H13ClN4.C12H17N3/c1-16-14-5-9-3-12(11-7-18-19(2)8-11)13(15)4-10(9)6-17-14;1-3-11-4-5-13-12(10-11)15-8-6-14(2)7-9-15/h3-8H,1-2H3,(H,16,17);3-5,10H,1,6-9H2,2H3. The number of anilines is 2. The number of aryl methyl sites for hydroxylation is 1. The quantitative estimate of drug-likeness (QED) is 0.457. The summed E-state index contributed by atoms with van der Waals surface area (Å²) in [6, 6.07) is 10.1. The van der Waals surface area contributed by atoms with E-state index in [1.54, 1.807) is 4.68 Å². The molecular formula is C26H30ClN7. The number of hydrogen-bond acceptors (Lipinski definition) is 6. The lowest BCUT2D eigenvalue weighted by Gasteiger charge is -2.33. The first-order valence-corrected chi connectivity index (χ1v) is 11.6. The van der Waals surface area contributed by atoms with E-state index in [0.29, 0.717) is 5.02 Å². The number of likely N-dealkylation sites (N-methyl/N-ethyl adjacent to an activating group) is 1. The summed E-state index contributed by atoms with van der Waals surface area (Å²) in [6.07, 6.45) is 9.30. The van der Waals surface area contributed by atoms with Crippen LogP contribution in [0.1, 0.15) is 5.56 Å². The van der Waals surface area contributed by atoms with Crippen LogP contribution in [0.3, 0.4) is 0 Å². The van der Waals surface area contributed by atoms with Crippen LogP contribution in [0.2, 0.25) is 5.02 Å². The second-order valence-corrected chi connectivity index (χ2v) is 8.75. The van der Waals surface area contributed by atoms with Crippen LogP contribution in [-0.4, -0.2) is 64.9 Å². The van der Waals surface area contributed by atoms with Crippen LogP contribution in [-0.2, 0) is 7.05 Å². The topological polar surface area (TPSA) is 62.1 Å². The van der Waals surface area contributed by atoms with Gasteiger partial charge >= 0.3 is 0 Å². The second-order valence-electron chi connectivity index (χ2n) is 8.34. The molecule has 0 aliphatic carbocycles. The summed E-state index contributed by atoms with van der Waals surface area (Å²) >= 11 is 6.34. The number of pyridine rings is 2. The molecule has 8 heteroatoms. The van der Waals surface area contributed by atoms with Gasteiger partial charge in [0.25, 0.3) is 0 Å². The van der Waals surface area contributed by atoms with Crippen molar-refractivity contribution >= 4 is 40.1 Å². The van der Waals surface area contributed by atoms with E-state index in [1.807, 2.05) is 63.2 Å². The van der Waals surface area contributed by atoms with E-state index in [0.717, 1.165) is 65.3 Å². The second kappa shape index (κ2) is 10.7. The molecule has 1 saturated heterocycles. The van der Waals surface area contributed by atoms with E-state index < -0.39 is 0 Å². The molecule has 1 aliphatic heterocycles. The normalized spacial score (nSPS) is 13.9. The van der Waals surface area contributed by atoms with Gasteiger partial charge in [0.05, 0.1) is 6.20 Å². The zero-order chi connectivity index (χ0) is 24.1. The molecule has 0 saturated carbocycles. The Kier molecular flexibility index (Phi) is 7.45. The highest BCUT2D eigenvalue weighted by Gasteiger charge is 2.15. The number of rotatable bonds is 4. The Morgan fingerprint density at radius 1 is 1.00 bits per heavy atom. The third-order valence-corrected chi connectivity index (χ3v) is 6.22. The smallest absolute Gasteiger partial charge is 0.129 e. The first-order chi connectivity index (χ1) is 16.5.